The van der Waals surface area contributed by atoms with Gasteiger partial charge in [-0.1, -0.05) is 11.6 Å². The highest BCUT2D eigenvalue weighted by molar-refractivity contribution is 9.10. The average molecular weight is 327 g/mol. The lowest BCUT2D eigenvalue weighted by molar-refractivity contribution is 0.102. The SMILES string of the molecule is Cc1cc(NC(=O)c2ccncc2Cl)cnc1Br. The van der Waals surface area contributed by atoms with Crippen LogP contribution in [0.3, 0.4) is 0 Å². The van der Waals surface area contributed by atoms with Crippen molar-refractivity contribution in [2.75, 3.05) is 5.32 Å². The third kappa shape index (κ3) is 2.86. The summed E-state index contributed by atoms with van der Waals surface area (Å²) < 4.78 is 0.752. The highest BCUT2D eigenvalue weighted by Gasteiger charge is 2.10. The monoisotopic (exact) mass is 325 g/mol. The number of rotatable bonds is 2. The summed E-state index contributed by atoms with van der Waals surface area (Å²) in [7, 11) is 0. The van der Waals surface area contributed by atoms with Gasteiger partial charge in [-0.15, -0.1) is 0 Å². The van der Waals surface area contributed by atoms with Crippen LogP contribution >= 0.6 is 27.5 Å². The third-order valence-electron chi connectivity index (χ3n) is 2.29. The van der Waals surface area contributed by atoms with Gasteiger partial charge in [0.05, 0.1) is 22.5 Å². The van der Waals surface area contributed by atoms with Crippen molar-refractivity contribution in [1.29, 1.82) is 0 Å². The number of pyridine rings is 2. The topological polar surface area (TPSA) is 54.9 Å². The minimum absolute atomic E-state index is 0.286. The fourth-order valence-electron chi connectivity index (χ4n) is 1.38. The van der Waals surface area contributed by atoms with Crippen molar-refractivity contribution in [2.24, 2.45) is 0 Å². The number of hydrogen-bond acceptors (Lipinski definition) is 3. The zero-order chi connectivity index (χ0) is 13.1. The number of anilines is 1. The quantitative estimate of drug-likeness (QED) is 0.860. The molecule has 0 fully saturated rings. The zero-order valence-electron chi connectivity index (χ0n) is 9.45. The van der Waals surface area contributed by atoms with Crippen LogP contribution in [0.15, 0.2) is 35.3 Å². The summed E-state index contributed by atoms with van der Waals surface area (Å²) in [6, 6.07) is 3.39. The Hall–Kier alpha value is -1.46. The van der Waals surface area contributed by atoms with Crippen molar-refractivity contribution >= 4 is 39.1 Å². The number of nitrogens with one attached hydrogen (secondary N) is 1. The first-order chi connectivity index (χ1) is 8.58. The smallest absolute Gasteiger partial charge is 0.257 e. The van der Waals surface area contributed by atoms with E-state index < -0.39 is 0 Å². The van der Waals surface area contributed by atoms with Crippen LogP contribution in [0.25, 0.3) is 0 Å². The molecule has 0 bridgehead atoms. The molecule has 0 unspecified atom stereocenters. The molecular weight excluding hydrogens is 318 g/mol. The number of hydrogen-bond donors (Lipinski definition) is 1. The summed E-state index contributed by atoms with van der Waals surface area (Å²) >= 11 is 9.19. The van der Waals surface area contributed by atoms with E-state index in [9.17, 15) is 4.79 Å². The molecule has 92 valence electrons. The molecule has 0 radical (unpaired) electrons. The molecule has 0 aliphatic carbocycles. The maximum Gasteiger partial charge on any atom is 0.257 e. The molecule has 2 aromatic heterocycles. The Morgan fingerprint density at radius 1 is 1.44 bits per heavy atom. The van der Waals surface area contributed by atoms with Crippen LogP contribution in [0.2, 0.25) is 5.02 Å². The van der Waals surface area contributed by atoms with Crippen molar-refractivity contribution in [1.82, 2.24) is 9.97 Å². The predicted octanol–water partition coefficient (Wildman–Crippen LogP) is 3.45. The number of halogens is 2. The zero-order valence-corrected chi connectivity index (χ0v) is 11.8. The average Bonchev–Trinajstić information content (AvgIpc) is 2.34. The number of carbonyl (C=O) groups is 1. The van der Waals surface area contributed by atoms with Crippen LogP contribution in [0, 0.1) is 6.92 Å². The Kier molecular flexibility index (Phi) is 3.93. The van der Waals surface area contributed by atoms with Gasteiger partial charge in [-0.2, -0.15) is 0 Å². The van der Waals surface area contributed by atoms with E-state index in [0.717, 1.165) is 10.2 Å². The Balaban J connectivity index is 2.22. The number of amides is 1. The van der Waals surface area contributed by atoms with Gasteiger partial charge in [-0.25, -0.2) is 4.98 Å². The van der Waals surface area contributed by atoms with Crippen molar-refractivity contribution in [3.05, 3.63) is 51.5 Å². The number of aryl methyl sites for hydroxylation is 1. The Morgan fingerprint density at radius 3 is 2.89 bits per heavy atom. The second-order valence-corrected chi connectivity index (χ2v) is 4.80. The van der Waals surface area contributed by atoms with Gasteiger partial charge in [0.1, 0.15) is 4.60 Å². The van der Waals surface area contributed by atoms with Gasteiger partial charge in [0.15, 0.2) is 0 Å². The van der Waals surface area contributed by atoms with Crippen LogP contribution in [0.4, 0.5) is 5.69 Å². The first-order valence-corrected chi connectivity index (χ1v) is 6.28. The second kappa shape index (κ2) is 5.46. The lowest BCUT2D eigenvalue weighted by atomic mass is 10.2. The van der Waals surface area contributed by atoms with Crippen molar-refractivity contribution in [3.8, 4) is 0 Å². The van der Waals surface area contributed by atoms with Crippen LogP contribution < -0.4 is 5.32 Å². The molecule has 0 saturated heterocycles. The first-order valence-electron chi connectivity index (χ1n) is 5.11. The van der Waals surface area contributed by atoms with E-state index in [0.29, 0.717) is 16.3 Å². The number of carbonyl (C=O) groups excluding carboxylic acids is 1. The Morgan fingerprint density at radius 2 is 2.22 bits per heavy atom. The summed E-state index contributed by atoms with van der Waals surface area (Å²) in [5.41, 5.74) is 1.94. The summed E-state index contributed by atoms with van der Waals surface area (Å²) in [4.78, 5) is 19.9. The molecule has 0 saturated carbocycles. The molecule has 2 heterocycles. The normalized spacial score (nSPS) is 10.2. The molecule has 1 N–H and O–H groups in total. The van der Waals surface area contributed by atoms with Crippen molar-refractivity contribution < 1.29 is 4.79 Å². The van der Waals surface area contributed by atoms with E-state index in [2.05, 4.69) is 31.2 Å². The highest BCUT2D eigenvalue weighted by atomic mass is 79.9. The molecule has 18 heavy (non-hydrogen) atoms. The predicted molar refractivity (Wildman–Crippen MR) is 73.9 cm³/mol. The van der Waals surface area contributed by atoms with Gasteiger partial charge in [0.25, 0.3) is 5.91 Å². The molecule has 2 aromatic rings. The van der Waals surface area contributed by atoms with Crippen LogP contribution in [-0.2, 0) is 0 Å². The Bertz CT molecular complexity index is 604. The first kappa shape index (κ1) is 13.0. The molecule has 4 nitrogen and oxygen atoms in total. The maximum absolute atomic E-state index is 12.0. The third-order valence-corrected chi connectivity index (χ3v) is 3.42. The van der Waals surface area contributed by atoms with Crippen LogP contribution in [0.1, 0.15) is 15.9 Å². The van der Waals surface area contributed by atoms with E-state index in [1.807, 2.05) is 13.0 Å². The minimum Gasteiger partial charge on any atom is -0.321 e. The molecule has 0 aliphatic rings. The number of nitrogens with zero attached hydrogens (tertiary/aromatic N) is 2. The maximum atomic E-state index is 12.0. The van der Waals surface area contributed by atoms with E-state index in [-0.39, 0.29) is 5.91 Å². The second-order valence-electron chi connectivity index (χ2n) is 3.64. The van der Waals surface area contributed by atoms with Gasteiger partial charge >= 0.3 is 0 Å². The van der Waals surface area contributed by atoms with E-state index in [1.165, 1.54) is 12.4 Å². The van der Waals surface area contributed by atoms with Gasteiger partial charge in [0.2, 0.25) is 0 Å². The van der Waals surface area contributed by atoms with Gasteiger partial charge in [-0.05, 0) is 40.5 Å². The summed E-state index contributed by atoms with van der Waals surface area (Å²) in [5.74, 6) is -0.286. The molecule has 6 heteroatoms. The summed E-state index contributed by atoms with van der Waals surface area (Å²) in [5, 5.41) is 3.05. The molecular formula is C12H9BrClN3O. The highest BCUT2D eigenvalue weighted by Crippen LogP contribution is 2.19. The van der Waals surface area contributed by atoms with Crippen molar-refractivity contribution in [3.63, 3.8) is 0 Å². The summed E-state index contributed by atoms with van der Waals surface area (Å²) in [6.45, 7) is 1.89. The molecule has 0 atom stereocenters. The van der Waals surface area contributed by atoms with Crippen molar-refractivity contribution in [2.45, 2.75) is 6.92 Å². The summed E-state index contributed by atoms with van der Waals surface area (Å²) in [6.07, 6.45) is 4.53. The fourth-order valence-corrected chi connectivity index (χ4v) is 1.81. The molecule has 0 aromatic carbocycles. The molecule has 0 spiro atoms. The fraction of sp³-hybridized carbons (Fsp3) is 0.0833. The van der Waals surface area contributed by atoms with Gasteiger partial charge in [0, 0.05) is 12.4 Å². The van der Waals surface area contributed by atoms with E-state index >= 15 is 0 Å². The lowest BCUT2D eigenvalue weighted by Gasteiger charge is -2.07. The number of aromatic nitrogens is 2. The van der Waals surface area contributed by atoms with E-state index in [4.69, 9.17) is 11.6 Å². The Labute approximate surface area is 118 Å². The van der Waals surface area contributed by atoms with Gasteiger partial charge in [-0.3, -0.25) is 9.78 Å². The van der Waals surface area contributed by atoms with Crippen LogP contribution in [-0.4, -0.2) is 15.9 Å². The van der Waals surface area contributed by atoms with Gasteiger partial charge < -0.3 is 5.32 Å². The standard InChI is InChI=1S/C12H9BrClN3O/c1-7-4-8(5-16-11(7)13)17-12(18)9-2-3-15-6-10(9)14/h2-6H,1H3,(H,17,18). The molecule has 2 rings (SSSR count). The minimum atomic E-state index is -0.286. The molecule has 0 aliphatic heterocycles. The lowest BCUT2D eigenvalue weighted by Crippen LogP contribution is -2.13. The van der Waals surface area contributed by atoms with Crippen LogP contribution in [0.5, 0.6) is 0 Å². The largest absolute Gasteiger partial charge is 0.321 e. The van der Waals surface area contributed by atoms with E-state index in [1.54, 1.807) is 12.3 Å². The molecule has 1 amide bonds.